The molecule has 42 heavy (non-hydrogen) atoms. The van der Waals surface area contributed by atoms with Crippen LogP contribution in [0.4, 0.5) is 4.39 Å². The number of carbonyl (C=O) groups excluding carboxylic acids is 1. The van der Waals surface area contributed by atoms with Gasteiger partial charge in [-0.2, -0.15) is 5.10 Å². The molecule has 222 valence electrons. The van der Waals surface area contributed by atoms with Crippen molar-refractivity contribution >= 4 is 43.5 Å². The van der Waals surface area contributed by atoms with Crippen molar-refractivity contribution < 1.29 is 17.6 Å². The molecule has 0 aliphatic carbocycles. The minimum Gasteiger partial charge on any atom is -0.344 e. The van der Waals surface area contributed by atoms with Gasteiger partial charge < -0.3 is 5.32 Å². The Morgan fingerprint density at radius 1 is 1.12 bits per heavy atom. The summed E-state index contributed by atoms with van der Waals surface area (Å²) in [5.74, 6) is -0.770. The number of carbonyl (C=O) groups is 1. The molecule has 1 N–H and O–H groups in total. The number of hydrogen-bond acceptors (Lipinski definition) is 4. The lowest BCUT2D eigenvalue weighted by atomic mass is 10.0. The first-order valence-electron chi connectivity index (χ1n) is 13.7. The van der Waals surface area contributed by atoms with Gasteiger partial charge >= 0.3 is 0 Å². The Hall–Kier alpha value is -3.76. The summed E-state index contributed by atoms with van der Waals surface area (Å²) < 4.78 is 43.8. The van der Waals surface area contributed by atoms with Crippen LogP contribution in [0.2, 0.25) is 0 Å². The lowest BCUT2D eigenvalue weighted by molar-refractivity contribution is -0.116. The summed E-state index contributed by atoms with van der Waals surface area (Å²) in [5.41, 5.74) is 3.42. The third-order valence-corrected chi connectivity index (χ3v) is 8.46. The van der Waals surface area contributed by atoms with Crippen LogP contribution in [-0.2, 0) is 14.8 Å². The standard InChI is InChI=1S/C29H28BrFN4O3S.C3H8/c1-5-24(25-17-32-35(27(25)7-3)22-12-10-21(31)11-13-22)29(36)33-26(6-2)28-16-20(30)18-34(28)39(37,38)23-14-8-19(4)9-15-23;1-3-2/h5,7-18,26H,3,6H2,1-2,4H3,(H,33,36);3H2,1-2H3/b24-5+;. The van der Waals surface area contributed by atoms with E-state index in [9.17, 15) is 17.6 Å². The number of aryl methyl sites for hydroxylation is 1. The number of rotatable bonds is 9. The molecule has 1 amide bonds. The number of halogens is 2. The van der Waals surface area contributed by atoms with Crippen molar-refractivity contribution in [1.29, 1.82) is 0 Å². The van der Waals surface area contributed by atoms with Crippen LogP contribution in [0.5, 0.6) is 0 Å². The molecule has 1 unspecified atom stereocenters. The Morgan fingerprint density at radius 3 is 2.29 bits per heavy atom. The summed E-state index contributed by atoms with van der Waals surface area (Å²) in [6.07, 6.45) is 7.97. The largest absolute Gasteiger partial charge is 0.344 e. The maximum Gasteiger partial charge on any atom is 0.267 e. The first kappa shape index (κ1) is 32.8. The van der Waals surface area contributed by atoms with Crippen molar-refractivity contribution in [2.24, 2.45) is 0 Å². The molecule has 0 bridgehead atoms. The molecule has 0 spiro atoms. The van der Waals surface area contributed by atoms with Gasteiger partial charge in [0.2, 0.25) is 0 Å². The van der Waals surface area contributed by atoms with E-state index < -0.39 is 22.0 Å². The minimum atomic E-state index is -3.91. The molecule has 0 saturated heterocycles. The van der Waals surface area contributed by atoms with E-state index in [1.54, 1.807) is 72.4 Å². The highest BCUT2D eigenvalue weighted by molar-refractivity contribution is 9.10. The third-order valence-electron chi connectivity index (χ3n) is 6.32. The van der Waals surface area contributed by atoms with Crippen LogP contribution >= 0.6 is 15.9 Å². The zero-order valence-corrected chi connectivity index (χ0v) is 26.8. The fourth-order valence-electron chi connectivity index (χ4n) is 4.29. The lowest BCUT2D eigenvalue weighted by Gasteiger charge is -2.21. The SMILES string of the molecule is C=Cc1c(/C(=C\C)C(=O)NC(CC)c2cc(Br)cn2S(=O)(=O)c2ccc(C)cc2)cnn1-c1ccc(F)cc1.CCC. The first-order valence-corrected chi connectivity index (χ1v) is 15.9. The van der Waals surface area contributed by atoms with Crippen LogP contribution < -0.4 is 5.32 Å². The quantitative estimate of drug-likeness (QED) is 0.186. The lowest BCUT2D eigenvalue weighted by Crippen LogP contribution is -2.31. The smallest absolute Gasteiger partial charge is 0.267 e. The maximum atomic E-state index is 13.6. The first-order chi connectivity index (χ1) is 20.0. The highest BCUT2D eigenvalue weighted by Crippen LogP contribution is 2.29. The van der Waals surface area contributed by atoms with E-state index in [0.29, 0.717) is 39.1 Å². The number of benzene rings is 2. The average molecular weight is 656 g/mol. The van der Waals surface area contributed by atoms with Gasteiger partial charge in [0.25, 0.3) is 15.9 Å². The molecule has 0 saturated carbocycles. The fourth-order valence-corrected chi connectivity index (χ4v) is 6.29. The van der Waals surface area contributed by atoms with Gasteiger partial charge in [0, 0.05) is 21.8 Å². The number of nitrogens with zero attached hydrogens (tertiary/aromatic N) is 3. The fraction of sp³-hybridized carbons (Fsp3) is 0.250. The third kappa shape index (κ3) is 7.17. The predicted molar refractivity (Wildman–Crippen MR) is 170 cm³/mol. The van der Waals surface area contributed by atoms with Gasteiger partial charge in [0.05, 0.1) is 34.2 Å². The molecular weight excluding hydrogens is 619 g/mol. The number of allylic oxidation sites excluding steroid dienone is 1. The van der Waals surface area contributed by atoms with Crippen LogP contribution in [0.3, 0.4) is 0 Å². The second-order valence-corrected chi connectivity index (χ2v) is 12.3. The van der Waals surface area contributed by atoms with Crippen molar-refractivity contribution in [3.63, 3.8) is 0 Å². The Kier molecular flexibility index (Phi) is 11.2. The summed E-state index contributed by atoms with van der Waals surface area (Å²) in [6.45, 7) is 13.6. The van der Waals surface area contributed by atoms with Crippen LogP contribution in [0.1, 0.15) is 69.1 Å². The van der Waals surface area contributed by atoms with Crippen molar-refractivity contribution in [2.45, 2.75) is 58.4 Å². The number of hydrogen-bond donors (Lipinski definition) is 1. The van der Waals surface area contributed by atoms with Gasteiger partial charge in [-0.25, -0.2) is 21.5 Å². The van der Waals surface area contributed by atoms with Gasteiger partial charge in [-0.3, -0.25) is 4.79 Å². The summed E-state index contributed by atoms with van der Waals surface area (Å²) in [7, 11) is -3.91. The van der Waals surface area contributed by atoms with Gasteiger partial charge in [-0.1, -0.05) is 57.5 Å². The summed E-state index contributed by atoms with van der Waals surface area (Å²) >= 11 is 3.40. The Morgan fingerprint density at radius 2 is 1.74 bits per heavy atom. The van der Waals surface area contributed by atoms with E-state index in [-0.39, 0.29) is 10.7 Å². The molecule has 0 radical (unpaired) electrons. The molecule has 10 heteroatoms. The summed E-state index contributed by atoms with van der Waals surface area (Å²) in [5, 5.41) is 7.39. The molecule has 7 nitrogen and oxygen atoms in total. The van der Waals surface area contributed by atoms with Crippen LogP contribution in [0.25, 0.3) is 17.3 Å². The summed E-state index contributed by atoms with van der Waals surface area (Å²) in [6, 6.07) is 13.5. The monoisotopic (exact) mass is 654 g/mol. The van der Waals surface area contributed by atoms with Crippen LogP contribution in [0, 0.1) is 12.7 Å². The van der Waals surface area contributed by atoms with Crippen molar-refractivity contribution in [1.82, 2.24) is 19.1 Å². The minimum absolute atomic E-state index is 0.150. The Labute approximate surface area is 256 Å². The van der Waals surface area contributed by atoms with E-state index in [4.69, 9.17) is 0 Å². The molecule has 0 aliphatic rings. The van der Waals surface area contributed by atoms with Crippen molar-refractivity contribution in [3.8, 4) is 5.69 Å². The van der Waals surface area contributed by atoms with Crippen molar-refractivity contribution in [2.75, 3.05) is 0 Å². The zero-order chi connectivity index (χ0) is 31.0. The Bertz CT molecular complexity index is 1670. The van der Waals surface area contributed by atoms with Gasteiger partial charge in [-0.15, -0.1) is 0 Å². The molecule has 2 heterocycles. The zero-order valence-electron chi connectivity index (χ0n) is 24.4. The second-order valence-electron chi connectivity index (χ2n) is 9.58. The van der Waals surface area contributed by atoms with E-state index in [2.05, 4.69) is 46.8 Å². The van der Waals surface area contributed by atoms with E-state index in [1.165, 1.54) is 28.7 Å². The van der Waals surface area contributed by atoms with Crippen LogP contribution in [0.15, 0.2) is 89.0 Å². The highest BCUT2D eigenvalue weighted by Gasteiger charge is 2.27. The van der Waals surface area contributed by atoms with Crippen molar-refractivity contribution in [3.05, 3.63) is 112 Å². The van der Waals surface area contributed by atoms with Gasteiger partial charge in [-0.05, 0) is 84.7 Å². The molecule has 0 aliphatic heterocycles. The number of nitrogens with one attached hydrogen (secondary N) is 1. The van der Waals surface area contributed by atoms with Gasteiger partial charge in [0.1, 0.15) is 5.82 Å². The molecule has 2 aromatic carbocycles. The van der Waals surface area contributed by atoms with E-state index in [1.807, 2.05) is 13.8 Å². The molecule has 0 fully saturated rings. The topological polar surface area (TPSA) is 86.0 Å². The number of aromatic nitrogens is 3. The van der Waals surface area contributed by atoms with Gasteiger partial charge in [0.15, 0.2) is 0 Å². The highest BCUT2D eigenvalue weighted by atomic mass is 79.9. The predicted octanol–water partition coefficient (Wildman–Crippen LogP) is 7.85. The van der Waals surface area contributed by atoms with Crippen LogP contribution in [-0.4, -0.2) is 28.1 Å². The molecule has 1 atom stereocenters. The van der Waals surface area contributed by atoms with E-state index in [0.717, 1.165) is 5.56 Å². The number of amides is 1. The second kappa shape index (κ2) is 14.4. The molecule has 4 aromatic rings. The molecule has 4 rings (SSSR count). The molecular formula is C32H36BrFN4O3S. The average Bonchev–Trinajstić information content (AvgIpc) is 3.57. The Balaban J connectivity index is 0.00000155. The molecule has 2 aromatic heterocycles. The normalized spacial score (nSPS) is 12.3. The van der Waals surface area contributed by atoms with E-state index >= 15 is 0 Å². The maximum absolute atomic E-state index is 13.6. The summed E-state index contributed by atoms with van der Waals surface area (Å²) in [4.78, 5) is 13.7.